The van der Waals surface area contributed by atoms with E-state index >= 15 is 0 Å². The van der Waals surface area contributed by atoms with Gasteiger partial charge in [0.15, 0.2) is 0 Å². The normalized spacial score (nSPS) is 15.3. The third-order valence-electron chi connectivity index (χ3n) is 2.59. The van der Waals surface area contributed by atoms with E-state index in [1.807, 2.05) is 12.1 Å². The summed E-state index contributed by atoms with van der Waals surface area (Å²) in [5, 5.41) is 0. The molecular weight excluding hydrogens is 304 g/mol. The molecule has 1 saturated carbocycles. The largest absolute Gasteiger partial charge is 0.342 e. The molecule has 0 spiro atoms. The highest BCUT2D eigenvalue weighted by Crippen LogP contribution is 2.39. The molecule has 82 valence electrons. The zero-order valence-corrected chi connectivity index (χ0v) is 11.6. The molecule has 1 fully saturated rings. The maximum absolute atomic E-state index is 5.20. The number of hydrogen-bond acceptors (Lipinski definition) is 3. The Hall–Kier alpha value is -0.520. The highest BCUT2D eigenvalue weighted by Gasteiger charge is 2.24. The van der Waals surface area contributed by atoms with Crippen LogP contribution in [0.15, 0.2) is 22.0 Å². The van der Waals surface area contributed by atoms with E-state index in [4.69, 9.17) is 12.2 Å². The second-order valence-electron chi connectivity index (χ2n) is 3.90. The summed E-state index contributed by atoms with van der Waals surface area (Å²) in [6.45, 7) is 0. The summed E-state index contributed by atoms with van der Waals surface area (Å²) in [4.78, 5) is 8.89. The van der Waals surface area contributed by atoms with Crippen molar-refractivity contribution in [3.8, 4) is 10.7 Å². The lowest BCUT2D eigenvalue weighted by Gasteiger charge is -2.02. The Balaban J connectivity index is 2.09. The molecule has 2 aromatic heterocycles. The van der Waals surface area contributed by atoms with Crippen LogP contribution in [0.5, 0.6) is 0 Å². The smallest absolute Gasteiger partial charge is 0.149 e. The van der Waals surface area contributed by atoms with Gasteiger partial charge in [0.1, 0.15) is 10.5 Å². The Labute approximate surface area is 111 Å². The van der Waals surface area contributed by atoms with Gasteiger partial charge in [-0.2, -0.15) is 0 Å². The van der Waals surface area contributed by atoms with Crippen molar-refractivity contribution in [2.45, 2.75) is 18.8 Å². The molecule has 2 aromatic rings. The quantitative estimate of drug-likeness (QED) is 0.827. The molecule has 0 bridgehead atoms. The first kappa shape index (κ1) is 10.6. The molecule has 1 aliphatic rings. The number of halogens is 1. The van der Waals surface area contributed by atoms with Gasteiger partial charge in [0.05, 0.1) is 8.66 Å². The van der Waals surface area contributed by atoms with Gasteiger partial charge >= 0.3 is 0 Å². The fourth-order valence-electron chi connectivity index (χ4n) is 1.65. The van der Waals surface area contributed by atoms with Crippen molar-refractivity contribution in [1.29, 1.82) is 0 Å². The van der Waals surface area contributed by atoms with Crippen LogP contribution in [0, 0.1) is 4.64 Å². The molecule has 5 heteroatoms. The van der Waals surface area contributed by atoms with Crippen molar-refractivity contribution >= 4 is 39.5 Å². The second-order valence-corrected chi connectivity index (χ2v) is 6.78. The Kier molecular flexibility index (Phi) is 2.69. The molecule has 0 atom stereocenters. The lowest BCUT2D eigenvalue weighted by atomic mass is 10.3. The number of nitrogens with one attached hydrogen (secondary N) is 1. The maximum Gasteiger partial charge on any atom is 0.149 e. The number of H-pyrrole nitrogens is 1. The summed E-state index contributed by atoms with van der Waals surface area (Å²) in [7, 11) is 0. The van der Waals surface area contributed by atoms with Crippen LogP contribution < -0.4 is 0 Å². The van der Waals surface area contributed by atoms with Crippen molar-refractivity contribution < 1.29 is 0 Å². The predicted octanol–water partition coefficient (Wildman–Crippen LogP) is 4.51. The van der Waals surface area contributed by atoms with Gasteiger partial charge in [-0.25, -0.2) is 4.98 Å². The third kappa shape index (κ3) is 2.12. The molecule has 0 aromatic carbocycles. The number of rotatable bonds is 2. The van der Waals surface area contributed by atoms with Gasteiger partial charge < -0.3 is 4.98 Å². The summed E-state index contributed by atoms with van der Waals surface area (Å²) < 4.78 is 1.79. The van der Waals surface area contributed by atoms with Crippen LogP contribution in [-0.4, -0.2) is 9.97 Å². The fourth-order valence-corrected chi connectivity index (χ4v) is 3.20. The van der Waals surface area contributed by atoms with Gasteiger partial charge in [-0.15, -0.1) is 11.3 Å². The molecule has 2 heterocycles. The molecule has 3 rings (SSSR count). The van der Waals surface area contributed by atoms with Crippen molar-refractivity contribution in [2.24, 2.45) is 0 Å². The van der Waals surface area contributed by atoms with E-state index in [-0.39, 0.29) is 0 Å². The van der Waals surface area contributed by atoms with Gasteiger partial charge in [0.2, 0.25) is 0 Å². The summed E-state index contributed by atoms with van der Waals surface area (Å²) in [5.74, 6) is 1.57. The number of aromatic nitrogens is 2. The molecule has 0 radical (unpaired) electrons. The maximum atomic E-state index is 5.20. The Morgan fingerprint density at radius 3 is 2.88 bits per heavy atom. The zero-order valence-electron chi connectivity index (χ0n) is 8.37. The molecular formula is C11H9BrN2S2. The molecule has 1 aliphatic carbocycles. The van der Waals surface area contributed by atoms with E-state index in [9.17, 15) is 0 Å². The number of hydrogen-bond donors (Lipinski definition) is 1. The molecule has 0 amide bonds. The molecule has 0 saturated heterocycles. The SMILES string of the molecule is S=c1cc(C2CC2)[nH]c(-c2ccc(Br)s2)n1. The predicted molar refractivity (Wildman–Crippen MR) is 72.4 cm³/mol. The van der Waals surface area contributed by atoms with E-state index in [2.05, 4.69) is 32.0 Å². The third-order valence-corrected chi connectivity index (χ3v) is 4.43. The average Bonchev–Trinajstić information content (AvgIpc) is 3.01. The minimum atomic E-state index is 0.673. The van der Waals surface area contributed by atoms with Crippen molar-refractivity contribution in [3.05, 3.63) is 32.3 Å². The van der Waals surface area contributed by atoms with Gasteiger partial charge in [-0.3, -0.25) is 0 Å². The Bertz CT molecular complexity index is 584. The van der Waals surface area contributed by atoms with E-state index in [1.54, 1.807) is 11.3 Å². The molecule has 16 heavy (non-hydrogen) atoms. The van der Waals surface area contributed by atoms with E-state index < -0.39 is 0 Å². The zero-order chi connectivity index (χ0) is 11.1. The Morgan fingerprint density at radius 2 is 2.25 bits per heavy atom. The first-order valence-electron chi connectivity index (χ1n) is 5.09. The number of nitrogens with zero attached hydrogens (tertiary/aromatic N) is 1. The first-order chi connectivity index (χ1) is 7.72. The van der Waals surface area contributed by atoms with E-state index in [1.165, 1.54) is 18.5 Å². The van der Waals surface area contributed by atoms with Crippen LogP contribution in [0.4, 0.5) is 0 Å². The van der Waals surface area contributed by atoms with Gasteiger partial charge in [-0.05, 0) is 52.9 Å². The van der Waals surface area contributed by atoms with Gasteiger partial charge in [0.25, 0.3) is 0 Å². The van der Waals surface area contributed by atoms with Crippen LogP contribution in [0.1, 0.15) is 24.5 Å². The van der Waals surface area contributed by atoms with Crippen molar-refractivity contribution in [1.82, 2.24) is 9.97 Å². The first-order valence-corrected chi connectivity index (χ1v) is 7.11. The summed E-state index contributed by atoms with van der Waals surface area (Å²) in [6.07, 6.45) is 2.53. The summed E-state index contributed by atoms with van der Waals surface area (Å²) in [5.41, 5.74) is 1.24. The van der Waals surface area contributed by atoms with Crippen LogP contribution in [0.25, 0.3) is 10.7 Å². The lowest BCUT2D eigenvalue weighted by Crippen LogP contribution is -1.93. The molecule has 2 nitrogen and oxygen atoms in total. The standard InChI is InChI=1S/C11H9BrN2S2/c12-9-4-3-8(16-9)11-13-7(6-1-2-6)5-10(15)14-11/h3-6H,1-2H2,(H,13,14,15). The minimum absolute atomic E-state index is 0.673. The van der Waals surface area contributed by atoms with Gasteiger partial charge in [0, 0.05) is 5.69 Å². The Morgan fingerprint density at radius 1 is 1.44 bits per heavy atom. The van der Waals surface area contributed by atoms with E-state index in [0.717, 1.165) is 14.5 Å². The number of aromatic amines is 1. The molecule has 1 N–H and O–H groups in total. The number of thiophene rings is 1. The van der Waals surface area contributed by atoms with Gasteiger partial charge in [-0.1, -0.05) is 12.2 Å². The van der Waals surface area contributed by atoms with Crippen LogP contribution in [-0.2, 0) is 0 Å². The fraction of sp³-hybridized carbons (Fsp3) is 0.273. The summed E-state index contributed by atoms with van der Waals surface area (Å²) in [6, 6.07) is 6.07. The van der Waals surface area contributed by atoms with Crippen molar-refractivity contribution in [3.63, 3.8) is 0 Å². The minimum Gasteiger partial charge on any atom is -0.342 e. The van der Waals surface area contributed by atoms with Crippen molar-refractivity contribution in [2.75, 3.05) is 0 Å². The second kappa shape index (κ2) is 4.05. The molecule has 0 aliphatic heterocycles. The van der Waals surface area contributed by atoms with Crippen LogP contribution in [0.2, 0.25) is 0 Å². The van der Waals surface area contributed by atoms with E-state index in [0.29, 0.717) is 10.6 Å². The summed E-state index contributed by atoms with van der Waals surface area (Å²) >= 11 is 10.3. The monoisotopic (exact) mass is 312 g/mol. The lowest BCUT2D eigenvalue weighted by molar-refractivity contribution is 0.991. The molecule has 0 unspecified atom stereocenters. The topological polar surface area (TPSA) is 28.7 Å². The highest BCUT2D eigenvalue weighted by molar-refractivity contribution is 9.11. The van der Waals surface area contributed by atoms with Crippen LogP contribution in [0.3, 0.4) is 0 Å². The van der Waals surface area contributed by atoms with Crippen LogP contribution >= 0.6 is 39.5 Å². The average molecular weight is 313 g/mol. The highest BCUT2D eigenvalue weighted by atomic mass is 79.9.